The minimum Gasteiger partial charge on any atom is -0.475 e. The van der Waals surface area contributed by atoms with Crippen LogP contribution in [-0.2, 0) is 16.1 Å². The van der Waals surface area contributed by atoms with Gasteiger partial charge < -0.3 is 24.9 Å². The maximum atomic E-state index is 12.6. The SMILES string of the molecule is CCCC(NC(=O)OCC1c2ccccc2-c2ccccc21)C(=O)NCc1ccc(C(=O)O)o1. The number of carboxylic acids is 1. The topological polar surface area (TPSA) is 118 Å². The summed E-state index contributed by atoms with van der Waals surface area (Å²) in [5.74, 6) is -1.55. The molecule has 0 radical (unpaired) electrons. The molecule has 1 aliphatic rings. The Morgan fingerprint density at radius 2 is 1.65 bits per heavy atom. The fraction of sp³-hybridized carbons (Fsp3) is 0.269. The molecular formula is C26H26N2O6. The Labute approximate surface area is 196 Å². The first-order chi connectivity index (χ1) is 16.5. The number of carbonyl (C=O) groups excluding carboxylic acids is 2. The number of rotatable bonds is 9. The third kappa shape index (κ3) is 4.96. The summed E-state index contributed by atoms with van der Waals surface area (Å²) in [7, 11) is 0. The van der Waals surface area contributed by atoms with Crippen LogP contribution in [0, 0.1) is 0 Å². The lowest BCUT2D eigenvalue weighted by molar-refractivity contribution is -0.123. The number of amides is 2. The minimum absolute atomic E-state index is 0.0126. The van der Waals surface area contributed by atoms with E-state index in [0.717, 1.165) is 22.3 Å². The molecule has 4 rings (SSSR count). The molecule has 0 fully saturated rings. The molecule has 1 unspecified atom stereocenters. The van der Waals surface area contributed by atoms with Gasteiger partial charge in [-0.25, -0.2) is 9.59 Å². The Kier molecular flexibility index (Phi) is 6.96. The van der Waals surface area contributed by atoms with Crippen LogP contribution >= 0.6 is 0 Å². The van der Waals surface area contributed by atoms with E-state index in [-0.39, 0.29) is 24.8 Å². The summed E-state index contributed by atoms with van der Waals surface area (Å²) < 4.78 is 10.7. The first-order valence-electron chi connectivity index (χ1n) is 11.2. The van der Waals surface area contributed by atoms with Crippen LogP contribution < -0.4 is 10.6 Å². The van der Waals surface area contributed by atoms with Crippen LogP contribution in [0.1, 0.15) is 53.1 Å². The van der Waals surface area contributed by atoms with Gasteiger partial charge in [-0.1, -0.05) is 61.9 Å². The lowest BCUT2D eigenvalue weighted by atomic mass is 9.98. The molecular weight excluding hydrogens is 436 g/mol. The molecule has 1 aliphatic carbocycles. The predicted octanol–water partition coefficient (Wildman–Crippen LogP) is 4.30. The molecule has 0 saturated heterocycles. The van der Waals surface area contributed by atoms with Gasteiger partial charge >= 0.3 is 12.1 Å². The monoisotopic (exact) mass is 462 g/mol. The highest BCUT2D eigenvalue weighted by Gasteiger charge is 2.29. The molecule has 2 aromatic carbocycles. The lowest BCUT2D eigenvalue weighted by Gasteiger charge is -2.19. The zero-order valence-electron chi connectivity index (χ0n) is 18.7. The van der Waals surface area contributed by atoms with E-state index in [1.54, 1.807) is 0 Å². The molecule has 2 amide bonds. The number of ether oxygens (including phenoxy) is 1. The molecule has 0 saturated carbocycles. The second kappa shape index (κ2) is 10.2. The summed E-state index contributed by atoms with van der Waals surface area (Å²) in [5.41, 5.74) is 4.50. The van der Waals surface area contributed by atoms with Crippen LogP contribution in [0.3, 0.4) is 0 Å². The van der Waals surface area contributed by atoms with E-state index in [1.165, 1.54) is 12.1 Å². The van der Waals surface area contributed by atoms with Crippen LogP contribution in [0.5, 0.6) is 0 Å². The molecule has 0 bridgehead atoms. The van der Waals surface area contributed by atoms with Gasteiger partial charge in [0.1, 0.15) is 18.4 Å². The van der Waals surface area contributed by atoms with Crippen LogP contribution in [0.15, 0.2) is 65.1 Å². The van der Waals surface area contributed by atoms with Crippen molar-refractivity contribution in [2.45, 2.75) is 38.3 Å². The summed E-state index contributed by atoms with van der Waals surface area (Å²) in [6.45, 7) is 2.08. The van der Waals surface area contributed by atoms with Crippen LogP contribution in [0.4, 0.5) is 4.79 Å². The molecule has 8 nitrogen and oxygen atoms in total. The Morgan fingerprint density at radius 3 is 2.24 bits per heavy atom. The summed E-state index contributed by atoms with van der Waals surface area (Å²) in [5, 5.41) is 14.2. The number of hydrogen-bond donors (Lipinski definition) is 3. The number of aromatic carboxylic acids is 1. The number of benzene rings is 2. The molecule has 3 aromatic rings. The molecule has 1 atom stereocenters. The van der Waals surface area contributed by atoms with Gasteiger partial charge in [-0.2, -0.15) is 0 Å². The highest BCUT2D eigenvalue weighted by molar-refractivity contribution is 5.86. The number of furan rings is 1. The number of alkyl carbamates (subject to hydrolysis) is 1. The number of carboxylic acid groups (broad SMARTS) is 1. The molecule has 1 heterocycles. The largest absolute Gasteiger partial charge is 0.475 e. The molecule has 0 aliphatic heterocycles. The van der Waals surface area contributed by atoms with Gasteiger partial charge in [0, 0.05) is 5.92 Å². The molecule has 3 N–H and O–H groups in total. The van der Waals surface area contributed by atoms with Crippen molar-refractivity contribution in [3.05, 3.63) is 83.3 Å². The van der Waals surface area contributed by atoms with Crippen molar-refractivity contribution in [2.75, 3.05) is 6.61 Å². The number of nitrogens with one attached hydrogen (secondary N) is 2. The highest BCUT2D eigenvalue weighted by Crippen LogP contribution is 2.44. The van der Waals surface area contributed by atoms with Gasteiger partial charge in [0.2, 0.25) is 11.7 Å². The fourth-order valence-corrected chi connectivity index (χ4v) is 4.23. The zero-order chi connectivity index (χ0) is 24.1. The van der Waals surface area contributed by atoms with Gasteiger partial charge in [-0.05, 0) is 40.8 Å². The summed E-state index contributed by atoms with van der Waals surface area (Å²) in [6, 6.07) is 18.2. The Morgan fingerprint density at radius 1 is 1.00 bits per heavy atom. The van der Waals surface area contributed by atoms with Crippen molar-refractivity contribution in [3.63, 3.8) is 0 Å². The first-order valence-corrected chi connectivity index (χ1v) is 11.2. The number of carbonyl (C=O) groups is 3. The van der Waals surface area contributed by atoms with E-state index >= 15 is 0 Å². The average molecular weight is 463 g/mol. The summed E-state index contributed by atoms with van der Waals surface area (Å²) >= 11 is 0. The molecule has 8 heteroatoms. The standard InChI is InChI=1S/C26H26N2O6/c1-2-7-22(24(29)27-14-16-12-13-23(34-16)25(30)31)28-26(32)33-15-21-19-10-5-3-8-17(19)18-9-4-6-11-20(18)21/h3-6,8-13,21-22H,2,7,14-15H2,1H3,(H,27,29)(H,28,32)(H,30,31). The van der Waals surface area contributed by atoms with Crippen LogP contribution in [0.25, 0.3) is 11.1 Å². The first kappa shape index (κ1) is 23.1. The average Bonchev–Trinajstić information content (AvgIpc) is 3.44. The maximum Gasteiger partial charge on any atom is 0.407 e. The van der Waals surface area contributed by atoms with Gasteiger partial charge in [0.05, 0.1) is 6.54 Å². The Bertz CT molecular complexity index is 1160. The second-order valence-electron chi connectivity index (χ2n) is 8.10. The normalized spacial score (nSPS) is 13.0. The lowest BCUT2D eigenvalue weighted by Crippen LogP contribution is -2.46. The van der Waals surface area contributed by atoms with Crippen molar-refractivity contribution < 1.29 is 28.6 Å². The van der Waals surface area contributed by atoms with E-state index in [9.17, 15) is 14.4 Å². The number of fused-ring (bicyclic) bond motifs is 3. The zero-order valence-corrected chi connectivity index (χ0v) is 18.7. The van der Waals surface area contributed by atoms with Crippen molar-refractivity contribution in [1.82, 2.24) is 10.6 Å². The smallest absolute Gasteiger partial charge is 0.407 e. The molecule has 1 aromatic heterocycles. The summed E-state index contributed by atoms with van der Waals surface area (Å²) in [4.78, 5) is 36.1. The van der Waals surface area contributed by atoms with E-state index in [1.807, 2.05) is 43.3 Å². The van der Waals surface area contributed by atoms with Crippen molar-refractivity contribution in [1.29, 1.82) is 0 Å². The van der Waals surface area contributed by atoms with Crippen LogP contribution in [0.2, 0.25) is 0 Å². The third-order valence-corrected chi connectivity index (χ3v) is 5.84. The highest BCUT2D eigenvalue weighted by atomic mass is 16.5. The van der Waals surface area contributed by atoms with Gasteiger partial charge in [-0.15, -0.1) is 0 Å². The van der Waals surface area contributed by atoms with E-state index in [4.69, 9.17) is 14.3 Å². The van der Waals surface area contributed by atoms with E-state index in [2.05, 4.69) is 22.8 Å². The molecule has 0 spiro atoms. The fourth-order valence-electron chi connectivity index (χ4n) is 4.23. The minimum atomic E-state index is -1.18. The van der Waals surface area contributed by atoms with Gasteiger partial charge in [0.25, 0.3) is 0 Å². The van der Waals surface area contributed by atoms with Crippen molar-refractivity contribution in [2.24, 2.45) is 0 Å². The van der Waals surface area contributed by atoms with E-state index < -0.39 is 24.0 Å². The number of hydrogen-bond acceptors (Lipinski definition) is 5. The maximum absolute atomic E-state index is 12.6. The molecule has 176 valence electrons. The second-order valence-corrected chi connectivity index (χ2v) is 8.10. The predicted molar refractivity (Wildman–Crippen MR) is 124 cm³/mol. The summed E-state index contributed by atoms with van der Waals surface area (Å²) in [6.07, 6.45) is 0.432. The van der Waals surface area contributed by atoms with Crippen molar-refractivity contribution >= 4 is 18.0 Å². The van der Waals surface area contributed by atoms with Gasteiger partial charge in [0.15, 0.2) is 0 Å². The quantitative estimate of drug-likeness (QED) is 0.436. The van der Waals surface area contributed by atoms with Gasteiger partial charge in [-0.3, -0.25) is 4.79 Å². The van der Waals surface area contributed by atoms with Crippen LogP contribution in [-0.4, -0.2) is 35.7 Å². The molecule has 34 heavy (non-hydrogen) atoms. The Balaban J connectivity index is 1.35. The third-order valence-electron chi connectivity index (χ3n) is 5.84. The van der Waals surface area contributed by atoms with E-state index in [0.29, 0.717) is 18.6 Å². The Hall–Kier alpha value is -4.07. The van der Waals surface area contributed by atoms with Crippen molar-refractivity contribution in [3.8, 4) is 11.1 Å².